The summed E-state index contributed by atoms with van der Waals surface area (Å²) in [6.07, 6.45) is 7.84. The van der Waals surface area contributed by atoms with Crippen LogP contribution in [0.15, 0.2) is 10.1 Å². The number of aromatic nitrogens is 1. The molecule has 0 spiro atoms. The molecule has 1 saturated carbocycles. The largest absolute Gasteiger partial charge is 0.347 e. The van der Waals surface area contributed by atoms with Gasteiger partial charge >= 0.3 is 0 Å². The Morgan fingerprint density at radius 1 is 1.24 bits per heavy atom. The standard InChI is InChI=1S/C17H18BrN3O2S2/c18-17-20-8-10(24-17)7-19-15(23)13-11-3-1-2-4-12(11)25-16(13)21-14(22)9-5-6-9/h8-9H,1-7H2,(H,19,23)(H,21,22). The second-order valence-corrected chi connectivity index (χ2v) is 9.94. The molecule has 2 aromatic heterocycles. The van der Waals surface area contributed by atoms with Crippen LogP contribution in [0, 0.1) is 5.92 Å². The summed E-state index contributed by atoms with van der Waals surface area (Å²) in [4.78, 5) is 31.4. The molecule has 0 aromatic carbocycles. The van der Waals surface area contributed by atoms with Crippen molar-refractivity contribution in [3.05, 3.63) is 31.0 Å². The maximum Gasteiger partial charge on any atom is 0.254 e. The fourth-order valence-corrected chi connectivity index (χ4v) is 5.66. The van der Waals surface area contributed by atoms with E-state index in [-0.39, 0.29) is 17.7 Å². The number of rotatable bonds is 5. The summed E-state index contributed by atoms with van der Waals surface area (Å²) in [5, 5.41) is 6.73. The van der Waals surface area contributed by atoms with Gasteiger partial charge in [-0.25, -0.2) is 4.98 Å². The van der Waals surface area contributed by atoms with Crippen molar-refractivity contribution in [2.24, 2.45) is 5.92 Å². The van der Waals surface area contributed by atoms with Gasteiger partial charge in [-0.05, 0) is 60.0 Å². The van der Waals surface area contributed by atoms with Crippen molar-refractivity contribution in [1.82, 2.24) is 10.3 Å². The van der Waals surface area contributed by atoms with Crippen molar-refractivity contribution in [2.75, 3.05) is 5.32 Å². The van der Waals surface area contributed by atoms with Crippen molar-refractivity contribution >= 4 is 55.4 Å². The van der Waals surface area contributed by atoms with Crippen LogP contribution in [-0.2, 0) is 24.2 Å². The van der Waals surface area contributed by atoms with Gasteiger partial charge in [-0.3, -0.25) is 9.59 Å². The van der Waals surface area contributed by atoms with Gasteiger partial charge in [0.2, 0.25) is 5.91 Å². The normalized spacial score (nSPS) is 16.4. The van der Waals surface area contributed by atoms with Gasteiger partial charge in [-0.1, -0.05) is 0 Å². The predicted molar refractivity (Wildman–Crippen MR) is 103 cm³/mol. The van der Waals surface area contributed by atoms with Crippen LogP contribution < -0.4 is 10.6 Å². The molecule has 2 aliphatic rings. The minimum atomic E-state index is -0.102. The number of carbonyl (C=O) groups is 2. The first-order valence-corrected chi connectivity index (χ1v) is 10.9. The molecule has 0 saturated heterocycles. The summed E-state index contributed by atoms with van der Waals surface area (Å²) in [7, 11) is 0. The number of fused-ring (bicyclic) bond motifs is 1. The second kappa shape index (κ2) is 7.17. The highest BCUT2D eigenvalue weighted by molar-refractivity contribution is 9.11. The lowest BCUT2D eigenvalue weighted by Gasteiger charge is -2.13. The fraction of sp³-hybridized carbons (Fsp3) is 0.471. The van der Waals surface area contributed by atoms with Crippen molar-refractivity contribution in [1.29, 1.82) is 0 Å². The van der Waals surface area contributed by atoms with Crippen LogP contribution in [0.3, 0.4) is 0 Å². The Hall–Kier alpha value is -1.25. The highest BCUT2D eigenvalue weighted by Gasteiger charge is 2.32. The van der Waals surface area contributed by atoms with Crippen molar-refractivity contribution in [3.8, 4) is 0 Å². The van der Waals surface area contributed by atoms with Crippen LogP contribution in [0.4, 0.5) is 5.00 Å². The minimum absolute atomic E-state index is 0.0547. The summed E-state index contributed by atoms with van der Waals surface area (Å²) in [6, 6.07) is 0. The van der Waals surface area contributed by atoms with Crippen molar-refractivity contribution in [3.63, 3.8) is 0 Å². The Kier molecular flexibility index (Phi) is 4.92. The number of aryl methyl sites for hydroxylation is 1. The molecular formula is C17H18BrN3O2S2. The van der Waals surface area contributed by atoms with E-state index in [1.54, 1.807) is 17.5 Å². The van der Waals surface area contributed by atoms with Gasteiger partial charge in [0.1, 0.15) is 5.00 Å². The lowest BCUT2D eigenvalue weighted by atomic mass is 9.95. The molecule has 8 heteroatoms. The molecule has 2 aliphatic carbocycles. The van der Waals surface area contributed by atoms with E-state index < -0.39 is 0 Å². The molecule has 2 heterocycles. The van der Waals surface area contributed by atoms with Crippen LogP contribution in [-0.4, -0.2) is 16.8 Å². The Labute approximate surface area is 162 Å². The summed E-state index contributed by atoms with van der Waals surface area (Å²) in [5.41, 5.74) is 1.81. The van der Waals surface area contributed by atoms with E-state index in [4.69, 9.17) is 0 Å². The number of nitrogens with zero attached hydrogens (tertiary/aromatic N) is 1. The Bertz CT molecular complexity index is 826. The average Bonchev–Trinajstić information content (AvgIpc) is 3.28. The zero-order valence-corrected chi connectivity index (χ0v) is 16.8. The molecule has 0 bridgehead atoms. The number of hydrogen-bond donors (Lipinski definition) is 2. The van der Waals surface area contributed by atoms with Gasteiger partial charge in [0.25, 0.3) is 5.91 Å². The molecular weight excluding hydrogens is 422 g/mol. The number of nitrogens with one attached hydrogen (secondary N) is 2. The van der Waals surface area contributed by atoms with Gasteiger partial charge in [-0.2, -0.15) is 0 Å². The Morgan fingerprint density at radius 3 is 2.76 bits per heavy atom. The third kappa shape index (κ3) is 3.80. The number of carbonyl (C=O) groups excluding carboxylic acids is 2. The van der Waals surface area contributed by atoms with Crippen LogP contribution in [0.25, 0.3) is 0 Å². The maximum absolute atomic E-state index is 12.9. The lowest BCUT2D eigenvalue weighted by Crippen LogP contribution is -2.25. The van der Waals surface area contributed by atoms with Gasteiger partial charge in [0.05, 0.1) is 12.1 Å². The second-order valence-electron chi connectivity index (χ2n) is 6.44. The number of anilines is 1. The quantitative estimate of drug-likeness (QED) is 0.735. The van der Waals surface area contributed by atoms with E-state index in [9.17, 15) is 9.59 Å². The van der Waals surface area contributed by atoms with E-state index in [1.165, 1.54) is 16.2 Å². The molecule has 0 atom stereocenters. The summed E-state index contributed by atoms with van der Waals surface area (Å²) < 4.78 is 0.807. The molecule has 0 radical (unpaired) electrons. The van der Waals surface area contributed by atoms with Crippen molar-refractivity contribution in [2.45, 2.75) is 45.1 Å². The number of thiazole rings is 1. The number of amides is 2. The number of hydrogen-bond acceptors (Lipinski definition) is 5. The van der Waals surface area contributed by atoms with Gasteiger partial charge in [-0.15, -0.1) is 22.7 Å². The van der Waals surface area contributed by atoms with Crippen LogP contribution in [0.1, 0.15) is 51.4 Å². The van der Waals surface area contributed by atoms with Gasteiger partial charge < -0.3 is 10.6 Å². The summed E-state index contributed by atoms with van der Waals surface area (Å²) in [5.74, 6) is 0.0821. The highest BCUT2D eigenvalue weighted by Crippen LogP contribution is 2.39. The Morgan fingerprint density at radius 2 is 2.04 bits per heavy atom. The molecule has 0 unspecified atom stereocenters. The monoisotopic (exact) mass is 439 g/mol. The number of thiophene rings is 1. The first kappa shape index (κ1) is 17.2. The molecule has 2 aromatic rings. The maximum atomic E-state index is 12.9. The third-order valence-corrected chi connectivity index (χ3v) is 7.22. The van der Waals surface area contributed by atoms with Gasteiger partial charge in [0.15, 0.2) is 3.92 Å². The molecule has 132 valence electrons. The lowest BCUT2D eigenvalue weighted by molar-refractivity contribution is -0.117. The first-order valence-electron chi connectivity index (χ1n) is 8.45. The first-order chi connectivity index (χ1) is 12.1. The molecule has 2 amide bonds. The van der Waals surface area contributed by atoms with E-state index >= 15 is 0 Å². The number of halogens is 1. The van der Waals surface area contributed by atoms with E-state index in [0.717, 1.165) is 57.9 Å². The van der Waals surface area contributed by atoms with Crippen LogP contribution in [0.5, 0.6) is 0 Å². The smallest absolute Gasteiger partial charge is 0.254 e. The Balaban J connectivity index is 1.55. The molecule has 2 N–H and O–H groups in total. The third-order valence-electron chi connectivity index (χ3n) is 4.53. The van der Waals surface area contributed by atoms with Gasteiger partial charge in [0, 0.05) is 21.9 Å². The minimum Gasteiger partial charge on any atom is -0.347 e. The molecule has 4 rings (SSSR count). The summed E-state index contributed by atoms with van der Waals surface area (Å²) >= 11 is 6.42. The van der Waals surface area contributed by atoms with Crippen LogP contribution >= 0.6 is 38.6 Å². The molecule has 25 heavy (non-hydrogen) atoms. The topological polar surface area (TPSA) is 71.1 Å². The highest BCUT2D eigenvalue weighted by atomic mass is 79.9. The van der Waals surface area contributed by atoms with E-state index in [0.29, 0.717) is 12.1 Å². The molecule has 5 nitrogen and oxygen atoms in total. The summed E-state index contributed by atoms with van der Waals surface area (Å²) in [6.45, 7) is 0.447. The average molecular weight is 440 g/mol. The SMILES string of the molecule is O=C(NCc1cnc(Br)s1)c1c(NC(=O)C2CC2)sc2c1CCCC2. The molecule has 1 fully saturated rings. The van der Waals surface area contributed by atoms with Crippen molar-refractivity contribution < 1.29 is 9.59 Å². The molecule has 0 aliphatic heterocycles. The fourth-order valence-electron chi connectivity index (χ4n) is 3.07. The van der Waals surface area contributed by atoms with Crippen LogP contribution in [0.2, 0.25) is 0 Å². The zero-order valence-electron chi connectivity index (χ0n) is 13.6. The predicted octanol–water partition coefficient (Wildman–Crippen LogP) is 4.12. The zero-order chi connectivity index (χ0) is 17.4. The van der Waals surface area contributed by atoms with E-state index in [2.05, 4.69) is 31.5 Å². The van der Waals surface area contributed by atoms with E-state index in [1.807, 2.05) is 0 Å².